The maximum Gasteiger partial charge on any atom is 2.00 e. The second-order valence-electron chi connectivity index (χ2n) is 13.6. The molecule has 0 saturated heterocycles. The maximum absolute atomic E-state index is 2.39. The van der Waals surface area contributed by atoms with Gasteiger partial charge in [0.2, 0.25) is 0 Å². The van der Waals surface area contributed by atoms with Gasteiger partial charge in [-0.15, -0.1) is 5.56 Å². The molecule has 0 aliphatic rings. The third-order valence-corrected chi connectivity index (χ3v) is 19.8. The number of hydrogen-bond donors (Lipinski definition) is 0. The summed E-state index contributed by atoms with van der Waals surface area (Å²) in [5.41, 5.74) is 1.42. The van der Waals surface area contributed by atoms with Gasteiger partial charge in [0.25, 0.3) is 0 Å². The van der Waals surface area contributed by atoms with Gasteiger partial charge in [-0.2, -0.15) is 28.6 Å². The van der Waals surface area contributed by atoms with E-state index in [0.717, 1.165) is 6.54 Å². The Balaban J connectivity index is 0.000000180. The zero-order valence-corrected chi connectivity index (χ0v) is 33.5. The van der Waals surface area contributed by atoms with Gasteiger partial charge in [-0.25, -0.2) is 24.3 Å². The molecule has 0 radical (unpaired) electrons. The second kappa shape index (κ2) is 17.6. The van der Waals surface area contributed by atoms with Gasteiger partial charge in [-0.3, -0.25) is 0 Å². The summed E-state index contributed by atoms with van der Waals surface area (Å²) in [7, 11) is -0.341. The summed E-state index contributed by atoms with van der Waals surface area (Å²) in [6.45, 7) is 0.948. The summed E-state index contributed by atoms with van der Waals surface area (Å²) in [5.74, 6) is 0. The summed E-state index contributed by atoms with van der Waals surface area (Å²) < 4.78 is 0. The zero-order valence-electron chi connectivity index (χ0n) is 30.4. The molecule has 0 spiro atoms. The third kappa shape index (κ3) is 7.56. The predicted octanol–water partition coefficient (Wildman–Crippen LogP) is 5.62. The molecule has 0 aliphatic heterocycles. The molecule has 53 heavy (non-hydrogen) atoms. The zero-order chi connectivity index (χ0) is 35.6. The molecule has 1 nitrogen and oxygen atoms in total. The monoisotopic (exact) mass is 759 g/mol. The van der Waals surface area contributed by atoms with Gasteiger partial charge in [0, 0.05) is 0 Å². The number of hydrogen-bond acceptors (Lipinski definition) is 1. The first-order chi connectivity index (χ1) is 25.6. The number of rotatable bonds is 10. The van der Waals surface area contributed by atoms with Gasteiger partial charge < -0.3 is 4.90 Å². The second-order valence-corrected chi connectivity index (χ2v) is 21.2. The van der Waals surface area contributed by atoms with E-state index in [1.807, 2.05) is 0 Å². The Labute approximate surface area is 328 Å². The minimum Gasteiger partial charge on any atom is -0.316 e. The molecule has 0 bridgehead atoms. The van der Waals surface area contributed by atoms with E-state index in [2.05, 4.69) is 243 Å². The molecule has 0 N–H and O–H groups in total. The van der Waals surface area contributed by atoms with Gasteiger partial charge in [-0.05, 0) is 51.8 Å². The van der Waals surface area contributed by atoms with Crippen LogP contribution < -0.4 is 41.5 Å². The van der Waals surface area contributed by atoms with Crippen molar-refractivity contribution in [3.63, 3.8) is 0 Å². The fraction of sp³-hybridized carbons (Fsp3) is 0.0612. The van der Waals surface area contributed by atoms with E-state index in [9.17, 15) is 0 Å². The summed E-state index contributed by atoms with van der Waals surface area (Å²) in [6.07, 6.45) is 0. The molecule has 0 aliphatic carbocycles. The van der Waals surface area contributed by atoms with Gasteiger partial charge in [0.1, 0.15) is 0 Å². The van der Waals surface area contributed by atoms with Crippen LogP contribution in [0.3, 0.4) is 0 Å². The fourth-order valence-corrected chi connectivity index (χ4v) is 17.8. The van der Waals surface area contributed by atoms with E-state index in [0.29, 0.717) is 0 Å². The molecule has 4 heteroatoms. The number of nitrogens with zero attached hydrogens (tertiary/aromatic N) is 1. The summed E-state index contributed by atoms with van der Waals surface area (Å²) in [5, 5.41) is 11.5. The van der Waals surface area contributed by atoms with Crippen LogP contribution in [-0.2, 0) is 23.6 Å². The van der Waals surface area contributed by atoms with E-state index in [-0.39, 0.29) is 17.1 Å². The molecule has 8 aromatic carbocycles. The normalized spacial score (nSPS) is 11.3. The summed E-state index contributed by atoms with van der Waals surface area (Å²) >= 11 is 0. The van der Waals surface area contributed by atoms with Crippen LogP contribution >= 0.6 is 0 Å². The topological polar surface area (TPSA) is 3.24 Å². The van der Waals surface area contributed by atoms with Crippen molar-refractivity contribution in [2.75, 3.05) is 14.1 Å². The maximum atomic E-state index is 2.36. The van der Waals surface area contributed by atoms with Gasteiger partial charge in [-0.1, -0.05) is 182 Å². The standard InChI is InChI=1S/C26H26NSi.C23H19Si.Fe/c1-27(2)21-22-13-12-20-26(22)28(23-14-6-3-7-15-23,24-16-8-4-9-17-24)25-18-10-5-11-19-25;1-4-12-20(13-5-1)24(23-18-10-11-19-23,21-14-6-2-7-15-21)22-16-8-3-9-17-22;/h3-20H,21H2,1-2H3;1-19H;/q2*-1;+2. The first-order valence-electron chi connectivity index (χ1n) is 18.1. The molecular formula is C49H45FeNSi2. The smallest absolute Gasteiger partial charge is 0.316 e. The molecular weight excluding hydrogens is 715 g/mol. The van der Waals surface area contributed by atoms with Gasteiger partial charge >= 0.3 is 17.1 Å². The van der Waals surface area contributed by atoms with Crippen LogP contribution in [-0.4, -0.2) is 35.1 Å². The minimum atomic E-state index is -2.39. The third-order valence-electron chi connectivity index (χ3n) is 10.1. The van der Waals surface area contributed by atoms with Crippen molar-refractivity contribution in [2.24, 2.45) is 0 Å². The predicted molar refractivity (Wildman–Crippen MR) is 229 cm³/mol. The Morgan fingerprint density at radius 3 is 1.06 bits per heavy atom. The Hall–Kier alpha value is -5.07. The van der Waals surface area contributed by atoms with E-state index in [4.69, 9.17) is 0 Å². The SMILES string of the molecule is CN(C)C[c-]1cccc1[Si](c1ccccc1)(c1ccccc1)c1ccccc1.[Fe+2].c1ccc([Si](c2ccccc2)(c2ccccc2)c2ccc[cH-]2)cc1. The Bertz CT molecular complexity index is 2020. The van der Waals surface area contributed by atoms with Crippen molar-refractivity contribution in [1.29, 1.82) is 0 Å². The van der Waals surface area contributed by atoms with Crippen molar-refractivity contribution in [2.45, 2.75) is 6.54 Å². The Morgan fingerprint density at radius 1 is 0.415 bits per heavy atom. The van der Waals surface area contributed by atoms with Crippen molar-refractivity contribution in [3.8, 4) is 0 Å². The molecule has 0 heterocycles. The molecule has 0 saturated carbocycles. The summed E-state index contributed by atoms with van der Waals surface area (Å²) in [4.78, 5) is 2.26. The fourth-order valence-electron chi connectivity index (χ4n) is 8.02. The largest absolute Gasteiger partial charge is 2.00 e. The van der Waals surface area contributed by atoms with Gasteiger partial charge in [0.15, 0.2) is 16.1 Å². The van der Waals surface area contributed by atoms with Crippen LogP contribution in [0.15, 0.2) is 224 Å². The summed E-state index contributed by atoms with van der Waals surface area (Å²) in [6, 6.07) is 82.1. The van der Waals surface area contributed by atoms with E-state index < -0.39 is 16.1 Å². The van der Waals surface area contributed by atoms with Crippen molar-refractivity contribution >= 4 is 57.6 Å². The van der Waals surface area contributed by atoms with Crippen LogP contribution in [0, 0.1) is 0 Å². The molecule has 0 fully saturated rings. The molecule has 0 amide bonds. The molecule has 0 aromatic heterocycles. The van der Waals surface area contributed by atoms with E-state index >= 15 is 0 Å². The quantitative estimate of drug-likeness (QED) is 0.0995. The number of benzene rings is 6. The van der Waals surface area contributed by atoms with Crippen molar-refractivity contribution in [1.82, 2.24) is 4.90 Å². The Morgan fingerprint density at radius 2 is 0.755 bits per heavy atom. The minimum absolute atomic E-state index is 0. The molecule has 0 atom stereocenters. The van der Waals surface area contributed by atoms with Crippen LogP contribution in [0.2, 0.25) is 0 Å². The van der Waals surface area contributed by atoms with Crippen LogP contribution in [0.5, 0.6) is 0 Å². The van der Waals surface area contributed by atoms with Crippen LogP contribution in [0.4, 0.5) is 0 Å². The Kier molecular flexibility index (Phi) is 12.5. The first kappa shape index (κ1) is 37.7. The van der Waals surface area contributed by atoms with Gasteiger partial charge in [0.05, 0.1) is 0 Å². The van der Waals surface area contributed by atoms with E-state index in [1.165, 1.54) is 47.1 Å². The van der Waals surface area contributed by atoms with Crippen LogP contribution in [0.25, 0.3) is 0 Å². The van der Waals surface area contributed by atoms with Crippen molar-refractivity contribution < 1.29 is 17.1 Å². The average Bonchev–Trinajstić information content (AvgIpc) is 3.92. The van der Waals surface area contributed by atoms with Crippen molar-refractivity contribution in [3.05, 3.63) is 230 Å². The first-order valence-corrected chi connectivity index (χ1v) is 22.1. The average molecular weight is 760 g/mol. The van der Waals surface area contributed by atoms with E-state index in [1.54, 1.807) is 0 Å². The van der Waals surface area contributed by atoms with Crippen LogP contribution in [0.1, 0.15) is 5.56 Å². The molecule has 262 valence electrons. The molecule has 8 aromatic rings. The molecule has 8 rings (SSSR count). The molecule has 0 unspecified atom stereocenters.